The Bertz CT molecular complexity index is 2040. The van der Waals surface area contributed by atoms with Crippen LogP contribution >= 0.6 is 7.60 Å². The fraction of sp³-hybridized carbons (Fsp3) is 0.804. The summed E-state index contributed by atoms with van der Waals surface area (Å²) in [5, 5.41) is 35.5. The highest BCUT2D eigenvalue weighted by molar-refractivity contribution is 7.52. The van der Waals surface area contributed by atoms with Crippen molar-refractivity contribution in [2.45, 2.75) is 116 Å². The summed E-state index contributed by atoms with van der Waals surface area (Å²) in [4.78, 5) is 34.0. The lowest BCUT2D eigenvalue weighted by molar-refractivity contribution is -0.205. The first-order valence-corrected chi connectivity index (χ1v) is 27.2. The minimum Gasteiger partial charge on any atom is -0.778 e. The van der Waals surface area contributed by atoms with Gasteiger partial charge in [0.15, 0.2) is 0 Å². The maximum Gasteiger partial charge on any atom is 0.239 e. The predicted molar refractivity (Wildman–Crippen MR) is 265 cm³/mol. The van der Waals surface area contributed by atoms with Gasteiger partial charge in [0.2, 0.25) is 5.91 Å². The van der Waals surface area contributed by atoms with Crippen molar-refractivity contribution >= 4 is 13.5 Å². The van der Waals surface area contributed by atoms with Crippen molar-refractivity contribution in [1.29, 1.82) is 0 Å². The van der Waals surface area contributed by atoms with Crippen molar-refractivity contribution in [3.63, 3.8) is 0 Å². The Morgan fingerprint density at radius 3 is 1.34 bits per heavy atom. The first-order chi connectivity index (χ1) is 36.0. The highest BCUT2D eigenvalue weighted by Gasteiger charge is 2.34. The maximum atomic E-state index is 15.1. The van der Waals surface area contributed by atoms with Gasteiger partial charge < -0.3 is 56.8 Å². The lowest BCUT2D eigenvalue weighted by atomic mass is 10.0. The molecule has 1 aliphatic heterocycles. The number of carbonyl (C=O) groups is 1. The van der Waals surface area contributed by atoms with E-state index in [9.17, 15) is 9.46 Å². The Balaban J connectivity index is 1.35. The number of hydrogen-bond donors (Lipinski definition) is 0. The van der Waals surface area contributed by atoms with E-state index in [2.05, 4.69) is 51.0 Å². The van der Waals surface area contributed by atoms with Crippen LogP contribution in [0.2, 0.25) is 0 Å². The van der Waals surface area contributed by atoms with Gasteiger partial charge in [-0.15, -0.1) is 20.4 Å². The number of methoxy groups -OCH3 is 4. The Morgan fingerprint density at radius 2 is 0.973 bits per heavy atom. The van der Waals surface area contributed by atoms with Crippen molar-refractivity contribution in [3.05, 3.63) is 47.6 Å². The second-order valence-electron chi connectivity index (χ2n) is 18.2. The highest BCUT2D eigenvalue weighted by atomic mass is 31.2. The molecule has 1 saturated heterocycles. The summed E-state index contributed by atoms with van der Waals surface area (Å²) in [5.41, 5.74) is 2.27. The van der Waals surface area contributed by atoms with Crippen molar-refractivity contribution in [2.75, 3.05) is 127 Å². The Kier molecular flexibility index (Phi) is 28.2. The van der Waals surface area contributed by atoms with Crippen LogP contribution in [0.1, 0.15) is 68.7 Å². The number of rotatable bonds is 42. The highest BCUT2D eigenvalue weighted by Crippen LogP contribution is 2.45. The Morgan fingerprint density at radius 1 is 0.595 bits per heavy atom. The summed E-state index contributed by atoms with van der Waals surface area (Å²) in [6, 6.07) is -0.621. The molecule has 418 valence electrons. The summed E-state index contributed by atoms with van der Waals surface area (Å²) in [6.45, 7) is 13.9. The molecular formula is C46H81N15O12P-. The lowest BCUT2D eigenvalue weighted by Gasteiger charge is -2.39. The molecular weight excluding hydrogens is 986 g/mol. The van der Waals surface area contributed by atoms with Crippen LogP contribution in [0.25, 0.3) is 0 Å². The van der Waals surface area contributed by atoms with Crippen LogP contribution in [0.15, 0.2) is 24.8 Å². The van der Waals surface area contributed by atoms with Crippen molar-refractivity contribution < 1.29 is 56.7 Å². The molecule has 27 nitrogen and oxygen atoms in total. The molecule has 2 atom stereocenters. The normalized spacial score (nSPS) is 14.8. The van der Waals surface area contributed by atoms with Gasteiger partial charge in [0.05, 0.1) is 140 Å². The number of amides is 1. The first-order valence-electron chi connectivity index (χ1n) is 25.6. The summed E-state index contributed by atoms with van der Waals surface area (Å²) in [5.74, 6) is -0.0713. The minimum absolute atomic E-state index is 0.0713. The largest absolute Gasteiger partial charge is 0.778 e. The monoisotopic (exact) mass is 1070 g/mol. The molecule has 1 fully saturated rings. The number of likely N-dealkylation sites (tertiary alicyclic amines) is 1. The Hall–Kier alpha value is -4.22. The van der Waals surface area contributed by atoms with Gasteiger partial charge in [0, 0.05) is 98.2 Å². The molecule has 4 aromatic heterocycles. The molecule has 0 N–H and O–H groups in total. The minimum atomic E-state index is -4.05. The number of hydrogen-bond acceptors (Lipinski definition) is 22. The molecule has 1 aliphatic rings. The quantitative estimate of drug-likeness (QED) is 0.0441. The molecule has 0 aliphatic carbocycles. The van der Waals surface area contributed by atoms with Crippen LogP contribution in [-0.2, 0) is 104 Å². The molecule has 1 amide bonds. The summed E-state index contributed by atoms with van der Waals surface area (Å²) in [6.07, 6.45) is 9.77. The average molecular weight is 1070 g/mol. The lowest BCUT2D eigenvalue weighted by Crippen LogP contribution is -2.51. The zero-order valence-electron chi connectivity index (χ0n) is 44.4. The van der Waals surface area contributed by atoms with E-state index in [1.807, 2.05) is 29.7 Å². The Labute approximate surface area is 434 Å². The smallest absolute Gasteiger partial charge is 0.239 e. The fourth-order valence-corrected chi connectivity index (χ4v) is 8.78. The first kappa shape index (κ1) is 60.6. The van der Waals surface area contributed by atoms with Gasteiger partial charge in [-0.2, -0.15) is 0 Å². The van der Waals surface area contributed by atoms with E-state index in [-0.39, 0.29) is 19.0 Å². The van der Waals surface area contributed by atoms with Crippen LogP contribution < -0.4 is 4.89 Å². The number of aromatic nitrogens is 12. The third-order valence-electron chi connectivity index (χ3n) is 12.0. The third-order valence-corrected chi connectivity index (χ3v) is 13.9. The zero-order valence-corrected chi connectivity index (χ0v) is 45.3. The molecule has 0 bridgehead atoms. The van der Waals surface area contributed by atoms with Gasteiger partial charge in [-0.3, -0.25) is 14.6 Å². The predicted octanol–water partition coefficient (Wildman–Crippen LogP) is 0.918. The van der Waals surface area contributed by atoms with Gasteiger partial charge in [-0.25, -0.2) is 18.7 Å². The summed E-state index contributed by atoms with van der Waals surface area (Å²) >= 11 is 0. The number of carbonyl (C=O) groups excluding carboxylic acids is 1. The topological polar surface area (TPSA) is 273 Å². The maximum absolute atomic E-state index is 15.1. The van der Waals surface area contributed by atoms with Gasteiger partial charge >= 0.3 is 0 Å². The SMILES string of the molecule is COCCOCCn1cc(CN(CCCCC(C(=O)N2CCC(OP(=O)([O-])C(C)C)CC2)N(Cc2cn(CCOCCOC)nn2)Cc2cn(CCOCCOC)nn2)Cc2cn(CCOCCOC)nn2)nn1. The van der Waals surface area contributed by atoms with Crippen molar-refractivity contribution in [3.8, 4) is 0 Å². The molecule has 0 radical (unpaired) electrons. The number of ether oxygens (including phenoxy) is 8. The summed E-state index contributed by atoms with van der Waals surface area (Å²) < 4.78 is 68.4. The fourth-order valence-electron chi connectivity index (χ4n) is 7.91. The molecule has 0 saturated carbocycles. The van der Waals surface area contributed by atoms with Gasteiger partial charge in [-0.05, 0) is 32.2 Å². The summed E-state index contributed by atoms with van der Waals surface area (Å²) in [7, 11) is 2.48. The second kappa shape index (κ2) is 34.4. The zero-order chi connectivity index (χ0) is 52.8. The van der Waals surface area contributed by atoms with Gasteiger partial charge in [0.1, 0.15) is 7.60 Å². The molecule has 74 heavy (non-hydrogen) atoms. The van der Waals surface area contributed by atoms with Gasteiger partial charge in [-0.1, -0.05) is 41.1 Å². The molecule has 0 spiro atoms. The third kappa shape index (κ3) is 22.5. The second-order valence-corrected chi connectivity index (χ2v) is 20.5. The molecule has 5 rings (SSSR count). The van der Waals surface area contributed by atoms with Crippen molar-refractivity contribution in [1.82, 2.24) is 74.7 Å². The van der Waals surface area contributed by atoms with E-state index in [4.69, 9.17) is 42.4 Å². The van der Waals surface area contributed by atoms with E-state index in [1.165, 1.54) is 0 Å². The molecule has 0 aromatic carbocycles. The van der Waals surface area contributed by atoms with E-state index in [0.717, 1.165) is 17.8 Å². The van der Waals surface area contributed by atoms with E-state index in [1.54, 1.807) is 61.0 Å². The molecule has 2 unspecified atom stereocenters. The van der Waals surface area contributed by atoms with Crippen LogP contribution in [0, 0.1) is 0 Å². The molecule has 28 heteroatoms. The number of unbranched alkanes of at least 4 members (excludes halogenated alkanes) is 1. The van der Waals surface area contributed by atoms with Gasteiger partial charge in [0.25, 0.3) is 0 Å². The van der Waals surface area contributed by atoms with E-state index in [0.29, 0.717) is 175 Å². The van der Waals surface area contributed by atoms with Crippen molar-refractivity contribution in [2.24, 2.45) is 0 Å². The van der Waals surface area contributed by atoms with E-state index < -0.39 is 25.4 Å². The van der Waals surface area contributed by atoms with Crippen LogP contribution in [0.4, 0.5) is 0 Å². The number of piperidine rings is 1. The van der Waals surface area contributed by atoms with Crippen LogP contribution in [0.5, 0.6) is 0 Å². The van der Waals surface area contributed by atoms with Crippen LogP contribution in [-0.4, -0.2) is 226 Å². The standard InChI is InChI=1S/C46H82N15O12P/c1-39(2)74(63,64)73-44-10-13-56(14-11-44)46(62)45(57(33-42-37-60(53-49-42)17-21-71-29-25-67-5)34-43-38-61(54-50-43)18-22-72-30-26-68-6)9-7-8-12-55(31-40-35-58(51-47-40)15-19-69-27-23-65-3)32-41-36-59(52-48-41)16-20-70-28-24-66-4/h35-39,44-45H,7-34H2,1-6H3,(H,63,64)/p-1. The van der Waals surface area contributed by atoms with E-state index >= 15 is 4.79 Å². The van der Waals surface area contributed by atoms with Crippen LogP contribution in [0.3, 0.4) is 0 Å². The number of nitrogens with zero attached hydrogens (tertiary/aromatic N) is 15. The average Bonchev–Trinajstić information content (AvgIpc) is 4.23. The molecule has 4 aromatic rings. The molecule has 5 heterocycles.